The molecule has 0 heterocycles. The Morgan fingerprint density at radius 1 is 0.875 bits per heavy atom. The molecule has 0 saturated heterocycles. The first-order chi connectivity index (χ1) is 11.0. The van der Waals surface area contributed by atoms with E-state index in [2.05, 4.69) is 103 Å². The SMILES string of the molecule is C#CC(N(c1ccccc1)C(C)(C)C)[Si](C(C)C)(C(C)C)C(C)C. The van der Waals surface area contributed by atoms with Gasteiger partial charge in [0.15, 0.2) is 0 Å². The minimum Gasteiger partial charge on any atom is -0.356 e. The molecule has 0 amide bonds. The molecule has 0 aromatic heterocycles. The van der Waals surface area contributed by atoms with Gasteiger partial charge < -0.3 is 4.90 Å². The normalized spacial score (nSPS) is 14.1. The molecule has 1 atom stereocenters. The van der Waals surface area contributed by atoms with Crippen molar-refractivity contribution >= 4 is 13.8 Å². The maximum atomic E-state index is 6.25. The van der Waals surface area contributed by atoms with E-state index in [1.165, 1.54) is 5.69 Å². The fourth-order valence-electron chi connectivity index (χ4n) is 4.90. The van der Waals surface area contributed by atoms with E-state index < -0.39 is 8.07 Å². The fourth-order valence-corrected chi connectivity index (χ4v) is 12.1. The molecule has 1 aromatic carbocycles. The van der Waals surface area contributed by atoms with Crippen molar-refractivity contribution in [3.8, 4) is 12.3 Å². The van der Waals surface area contributed by atoms with Crippen molar-refractivity contribution in [1.82, 2.24) is 0 Å². The molecule has 1 unspecified atom stereocenters. The van der Waals surface area contributed by atoms with Crippen molar-refractivity contribution in [3.63, 3.8) is 0 Å². The zero-order valence-electron chi connectivity index (χ0n) is 17.2. The largest absolute Gasteiger partial charge is 0.356 e. The summed E-state index contributed by atoms with van der Waals surface area (Å²) in [5.41, 5.74) is 3.30. The number of benzene rings is 1. The lowest BCUT2D eigenvalue weighted by Crippen LogP contribution is -2.65. The highest BCUT2D eigenvalue weighted by Gasteiger charge is 2.52. The molecule has 0 aliphatic carbocycles. The minimum absolute atomic E-state index is 0.0185. The zero-order chi connectivity index (χ0) is 18.7. The van der Waals surface area contributed by atoms with Gasteiger partial charge in [0.2, 0.25) is 0 Å². The molecule has 0 bridgehead atoms. The van der Waals surface area contributed by atoms with Crippen LogP contribution in [0.1, 0.15) is 62.3 Å². The lowest BCUT2D eigenvalue weighted by Gasteiger charge is -2.54. The van der Waals surface area contributed by atoms with Crippen molar-refractivity contribution in [2.75, 3.05) is 4.90 Å². The van der Waals surface area contributed by atoms with Crippen LogP contribution in [0.15, 0.2) is 30.3 Å². The van der Waals surface area contributed by atoms with Gasteiger partial charge in [0.25, 0.3) is 0 Å². The predicted molar refractivity (Wildman–Crippen MR) is 112 cm³/mol. The Labute approximate surface area is 151 Å². The third-order valence-corrected chi connectivity index (χ3v) is 13.0. The van der Waals surface area contributed by atoms with Gasteiger partial charge in [-0.3, -0.25) is 0 Å². The summed E-state index contributed by atoms with van der Waals surface area (Å²) in [5, 5.41) is 0. The van der Waals surface area contributed by atoms with E-state index in [9.17, 15) is 0 Å². The summed E-state index contributed by atoms with van der Waals surface area (Å²) in [6.07, 6.45) is 6.25. The Bertz CT molecular complexity index is 524. The molecule has 1 nitrogen and oxygen atoms in total. The standard InChI is InChI=1S/C22H37NSi/c1-11-21(24(17(2)3,18(4)5)19(6)7)23(22(8,9)10)20-15-13-12-14-16-20/h1,12-19,21H,2-10H3. The van der Waals surface area contributed by atoms with Gasteiger partial charge in [0, 0.05) is 11.2 Å². The lowest BCUT2D eigenvalue weighted by atomic mass is 10.0. The third kappa shape index (κ3) is 3.72. The quantitative estimate of drug-likeness (QED) is 0.420. The summed E-state index contributed by atoms with van der Waals surface area (Å²) in [5.74, 6) is 3.28. The molecular formula is C22H37NSi. The molecule has 0 saturated carbocycles. The summed E-state index contributed by atoms with van der Waals surface area (Å²) < 4.78 is 0. The number of anilines is 1. The van der Waals surface area contributed by atoms with Crippen molar-refractivity contribution in [3.05, 3.63) is 30.3 Å². The van der Waals surface area contributed by atoms with Gasteiger partial charge in [-0.25, -0.2) is 0 Å². The van der Waals surface area contributed by atoms with Crippen molar-refractivity contribution in [2.24, 2.45) is 0 Å². The van der Waals surface area contributed by atoms with E-state index in [1.807, 2.05) is 0 Å². The van der Waals surface area contributed by atoms with Crippen LogP contribution in [0.4, 0.5) is 5.69 Å². The molecule has 0 spiro atoms. The Hall–Kier alpha value is -1.20. The maximum absolute atomic E-state index is 6.25. The second-order valence-electron chi connectivity index (χ2n) is 8.91. The number of nitrogens with zero attached hydrogens (tertiary/aromatic N) is 1. The smallest absolute Gasteiger partial charge is 0.103 e. The average Bonchev–Trinajstić information content (AvgIpc) is 2.45. The predicted octanol–water partition coefficient (Wildman–Crippen LogP) is 6.51. The first kappa shape index (κ1) is 20.8. The zero-order valence-corrected chi connectivity index (χ0v) is 18.2. The topological polar surface area (TPSA) is 3.24 Å². The number of terminal acetylenes is 1. The summed E-state index contributed by atoms with van der Waals surface area (Å²) in [7, 11) is -1.82. The average molecular weight is 344 g/mol. The number of rotatable bonds is 6. The summed E-state index contributed by atoms with van der Waals surface area (Å²) in [6, 6.07) is 10.7. The van der Waals surface area contributed by atoms with E-state index in [4.69, 9.17) is 6.42 Å². The van der Waals surface area contributed by atoms with E-state index in [0.717, 1.165) is 0 Å². The van der Waals surface area contributed by atoms with Gasteiger partial charge in [-0.05, 0) is 49.5 Å². The van der Waals surface area contributed by atoms with Crippen LogP contribution in [0.3, 0.4) is 0 Å². The lowest BCUT2D eigenvalue weighted by molar-refractivity contribution is 0.499. The number of para-hydroxylation sites is 1. The van der Waals surface area contributed by atoms with Crippen LogP contribution in [-0.2, 0) is 0 Å². The Morgan fingerprint density at radius 2 is 1.29 bits per heavy atom. The van der Waals surface area contributed by atoms with Crippen LogP contribution in [0.5, 0.6) is 0 Å². The van der Waals surface area contributed by atoms with Crippen LogP contribution >= 0.6 is 0 Å². The van der Waals surface area contributed by atoms with Crippen molar-refractivity contribution in [2.45, 2.75) is 90.1 Å². The molecule has 0 aliphatic rings. The van der Waals surface area contributed by atoms with E-state index >= 15 is 0 Å². The Balaban J connectivity index is 3.66. The van der Waals surface area contributed by atoms with Crippen LogP contribution in [0, 0.1) is 12.3 Å². The molecule has 1 aromatic rings. The second-order valence-corrected chi connectivity index (χ2v) is 14.9. The number of hydrogen-bond donors (Lipinski definition) is 0. The third-order valence-electron chi connectivity index (χ3n) is 5.65. The molecule has 0 N–H and O–H groups in total. The van der Waals surface area contributed by atoms with E-state index in [0.29, 0.717) is 16.6 Å². The molecule has 0 radical (unpaired) electrons. The summed E-state index contributed by atoms with van der Waals surface area (Å²) in [4.78, 5) is 2.53. The van der Waals surface area contributed by atoms with Gasteiger partial charge in [-0.15, -0.1) is 6.42 Å². The van der Waals surface area contributed by atoms with Gasteiger partial charge >= 0.3 is 0 Å². The summed E-state index contributed by atoms with van der Waals surface area (Å²) in [6.45, 7) is 21.2. The van der Waals surface area contributed by atoms with Gasteiger partial charge in [-0.2, -0.15) is 0 Å². The van der Waals surface area contributed by atoms with Crippen LogP contribution < -0.4 is 4.90 Å². The second kappa shape index (κ2) is 7.79. The highest BCUT2D eigenvalue weighted by molar-refractivity contribution is 6.86. The van der Waals surface area contributed by atoms with Crippen molar-refractivity contribution < 1.29 is 0 Å². The highest BCUT2D eigenvalue weighted by atomic mass is 28.3. The molecule has 0 fully saturated rings. The molecular weight excluding hydrogens is 306 g/mol. The minimum atomic E-state index is -1.82. The monoisotopic (exact) mass is 343 g/mol. The van der Waals surface area contributed by atoms with Crippen LogP contribution in [0.2, 0.25) is 16.6 Å². The maximum Gasteiger partial charge on any atom is 0.103 e. The number of hydrogen-bond acceptors (Lipinski definition) is 1. The molecule has 2 heteroatoms. The van der Waals surface area contributed by atoms with E-state index in [1.54, 1.807) is 0 Å². The van der Waals surface area contributed by atoms with Crippen molar-refractivity contribution in [1.29, 1.82) is 0 Å². The highest BCUT2D eigenvalue weighted by Crippen LogP contribution is 2.47. The first-order valence-corrected chi connectivity index (χ1v) is 11.6. The molecule has 24 heavy (non-hydrogen) atoms. The molecule has 1 rings (SSSR count). The summed E-state index contributed by atoms with van der Waals surface area (Å²) >= 11 is 0. The van der Waals surface area contributed by atoms with Gasteiger partial charge in [0.05, 0.1) is 5.67 Å². The van der Waals surface area contributed by atoms with E-state index in [-0.39, 0.29) is 11.2 Å². The molecule has 134 valence electrons. The van der Waals surface area contributed by atoms with Gasteiger partial charge in [0.1, 0.15) is 8.07 Å². The van der Waals surface area contributed by atoms with Crippen LogP contribution in [0.25, 0.3) is 0 Å². The first-order valence-electron chi connectivity index (χ1n) is 9.31. The Morgan fingerprint density at radius 3 is 1.58 bits per heavy atom. The molecule has 0 aliphatic heterocycles. The van der Waals surface area contributed by atoms with Crippen LogP contribution in [-0.4, -0.2) is 19.3 Å². The fraction of sp³-hybridized carbons (Fsp3) is 0.636. The Kier molecular flexibility index (Phi) is 6.76. The van der Waals surface area contributed by atoms with Gasteiger partial charge in [-0.1, -0.05) is 65.7 Å².